The topological polar surface area (TPSA) is 61.4 Å². The van der Waals surface area contributed by atoms with Gasteiger partial charge in [-0.3, -0.25) is 0 Å². The Labute approximate surface area is 127 Å². The third kappa shape index (κ3) is 4.18. The predicted molar refractivity (Wildman–Crippen MR) is 86.1 cm³/mol. The fourth-order valence-corrected chi connectivity index (χ4v) is 3.63. The Morgan fingerprint density at radius 3 is 2.57 bits per heavy atom. The van der Waals surface area contributed by atoms with Crippen molar-refractivity contribution in [2.24, 2.45) is 5.92 Å². The van der Waals surface area contributed by atoms with Crippen molar-refractivity contribution < 1.29 is 8.42 Å². The molecule has 0 bridgehead atoms. The molecule has 0 atom stereocenters. The van der Waals surface area contributed by atoms with Crippen LogP contribution >= 0.6 is 0 Å². The van der Waals surface area contributed by atoms with Gasteiger partial charge in [0.2, 0.25) is 10.0 Å². The molecule has 2 N–H and O–H groups in total. The maximum Gasteiger partial charge on any atom is 0.240 e. The standard InChI is InChI=1S/C15H25N3O2S/c1-12-4-5-14(10-15(12)21(19,20)16-2)17-11-13-6-8-18(3)9-7-13/h4-5,10,13,16-17H,6-9,11H2,1-3H3. The second-order valence-corrected chi connectivity index (χ2v) is 7.67. The average molecular weight is 311 g/mol. The van der Waals surface area contributed by atoms with E-state index in [4.69, 9.17) is 0 Å². The van der Waals surface area contributed by atoms with Gasteiger partial charge in [-0.25, -0.2) is 13.1 Å². The Morgan fingerprint density at radius 2 is 1.95 bits per heavy atom. The first-order valence-corrected chi connectivity index (χ1v) is 8.87. The molecule has 1 heterocycles. The molecule has 1 aliphatic heterocycles. The van der Waals surface area contributed by atoms with Crippen LogP contribution in [0.2, 0.25) is 0 Å². The number of hydrogen-bond acceptors (Lipinski definition) is 4. The molecule has 0 aromatic heterocycles. The number of nitrogens with zero attached hydrogens (tertiary/aromatic N) is 1. The highest BCUT2D eigenvalue weighted by Gasteiger charge is 2.18. The zero-order chi connectivity index (χ0) is 15.5. The summed E-state index contributed by atoms with van der Waals surface area (Å²) in [6.07, 6.45) is 2.38. The number of rotatable bonds is 5. The molecule has 1 fully saturated rings. The van der Waals surface area contributed by atoms with E-state index in [1.54, 1.807) is 6.07 Å². The molecule has 0 spiro atoms. The number of benzene rings is 1. The van der Waals surface area contributed by atoms with Crippen molar-refractivity contribution in [3.8, 4) is 0 Å². The highest BCUT2D eigenvalue weighted by molar-refractivity contribution is 7.89. The Morgan fingerprint density at radius 1 is 1.29 bits per heavy atom. The van der Waals surface area contributed by atoms with E-state index in [9.17, 15) is 8.42 Å². The summed E-state index contributed by atoms with van der Waals surface area (Å²) in [5.74, 6) is 0.659. The van der Waals surface area contributed by atoms with Crippen molar-refractivity contribution in [2.75, 3.05) is 39.0 Å². The van der Waals surface area contributed by atoms with Crippen molar-refractivity contribution in [3.63, 3.8) is 0 Å². The van der Waals surface area contributed by atoms with Gasteiger partial charge in [0.1, 0.15) is 0 Å². The molecule has 1 aromatic carbocycles. The van der Waals surface area contributed by atoms with Gasteiger partial charge >= 0.3 is 0 Å². The number of likely N-dealkylation sites (tertiary alicyclic amines) is 1. The van der Waals surface area contributed by atoms with Crippen LogP contribution in [0.4, 0.5) is 5.69 Å². The van der Waals surface area contributed by atoms with Crippen molar-refractivity contribution >= 4 is 15.7 Å². The van der Waals surface area contributed by atoms with Crippen LogP contribution in [0.5, 0.6) is 0 Å². The molecule has 0 aliphatic carbocycles. The number of hydrogen-bond donors (Lipinski definition) is 2. The van der Waals surface area contributed by atoms with Gasteiger partial charge in [-0.05, 0) is 70.6 Å². The third-order valence-corrected chi connectivity index (χ3v) is 5.74. The van der Waals surface area contributed by atoms with Crippen LogP contribution in [-0.2, 0) is 10.0 Å². The van der Waals surface area contributed by atoms with E-state index in [1.165, 1.54) is 19.9 Å². The molecule has 0 amide bonds. The lowest BCUT2D eigenvalue weighted by atomic mass is 9.97. The smallest absolute Gasteiger partial charge is 0.240 e. The quantitative estimate of drug-likeness (QED) is 0.868. The Hall–Kier alpha value is -1.11. The Kier molecular flexibility index (Phi) is 5.24. The van der Waals surface area contributed by atoms with Gasteiger partial charge in [-0.2, -0.15) is 0 Å². The maximum absolute atomic E-state index is 12.0. The lowest BCUT2D eigenvalue weighted by molar-refractivity contribution is 0.226. The van der Waals surface area contributed by atoms with Crippen molar-refractivity contribution in [2.45, 2.75) is 24.7 Å². The molecule has 6 heteroatoms. The summed E-state index contributed by atoms with van der Waals surface area (Å²) in [5.41, 5.74) is 1.63. The Balaban J connectivity index is 2.03. The number of anilines is 1. The largest absolute Gasteiger partial charge is 0.385 e. The molecule has 21 heavy (non-hydrogen) atoms. The summed E-state index contributed by atoms with van der Waals surface area (Å²) in [6, 6.07) is 5.51. The molecule has 1 aromatic rings. The van der Waals surface area contributed by atoms with E-state index in [0.717, 1.165) is 30.9 Å². The van der Waals surface area contributed by atoms with Crippen LogP contribution in [0.15, 0.2) is 23.1 Å². The molecule has 5 nitrogen and oxygen atoms in total. The van der Waals surface area contributed by atoms with Crippen LogP contribution in [0.1, 0.15) is 18.4 Å². The minimum atomic E-state index is -3.40. The highest BCUT2D eigenvalue weighted by atomic mass is 32.2. The number of nitrogens with one attached hydrogen (secondary N) is 2. The molecule has 0 unspecified atom stereocenters. The number of aryl methyl sites for hydroxylation is 1. The van der Waals surface area contributed by atoms with Gasteiger partial charge in [-0.15, -0.1) is 0 Å². The first-order valence-electron chi connectivity index (χ1n) is 7.39. The van der Waals surface area contributed by atoms with Gasteiger partial charge in [0, 0.05) is 12.2 Å². The SMILES string of the molecule is CNS(=O)(=O)c1cc(NCC2CCN(C)CC2)ccc1C. The summed E-state index contributed by atoms with van der Waals surface area (Å²) in [7, 11) is 0.191. The molecular formula is C15H25N3O2S. The molecule has 0 radical (unpaired) electrons. The second kappa shape index (κ2) is 6.77. The Bertz CT molecular complexity index is 579. The van der Waals surface area contributed by atoms with Crippen LogP contribution in [0.3, 0.4) is 0 Å². The molecule has 2 rings (SSSR count). The minimum Gasteiger partial charge on any atom is -0.385 e. The summed E-state index contributed by atoms with van der Waals surface area (Å²) in [4.78, 5) is 2.69. The minimum absolute atomic E-state index is 0.346. The van der Waals surface area contributed by atoms with Gasteiger partial charge in [0.15, 0.2) is 0 Å². The lowest BCUT2D eigenvalue weighted by Gasteiger charge is -2.29. The zero-order valence-corrected chi connectivity index (χ0v) is 13.8. The molecule has 0 saturated carbocycles. The fourth-order valence-electron chi connectivity index (χ4n) is 2.64. The van der Waals surface area contributed by atoms with Gasteiger partial charge in [-0.1, -0.05) is 6.07 Å². The van der Waals surface area contributed by atoms with Crippen molar-refractivity contribution in [1.82, 2.24) is 9.62 Å². The second-order valence-electron chi connectivity index (χ2n) is 5.82. The molecule has 118 valence electrons. The van der Waals surface area contributed by atoms with Crippen LogP contribution in [-0.4, -0.2) is 47.0 Å². The van der Waals surface area contributed by atoms with Crippen LogP contribution < -0.4 is 10.0 Å². The normalized spacial score (nSPS) is 17.9. The molecule has 1 saturated heterocycles. The predicted octanol–water partition coefficient (Wildman–Crippen LogP) is 1.66. The van der Waals surface area contributed by atoms with E-state index >= 15 is 0 Å². The van der Waals surface area contributed by atoms with Gasteiger partial charge in [0.05, 0.1) is 4.90 Å². The average Bonchev–Trinajstić information content (AvgIpc) is 2.48. The number of sulfonamides is 1. The van der Waals surface area contributed by atoms with Crippen molar-refractivity contribution in [1.29, 1.82) is 0 Å². The molecule has 1 aliphatic rings. The van der Waals surface area contributed by atoms with E-state index < -0.39 is 10.0 Å². The van der Waals surface area contributed by atoms with E-state index in [1.807, 2.05) is 19.1 Å². The third-order valence-electron chi connectivity index (χ3n) is 4.18. The fraction of sp³-hybridized carbons (Fsp3) is 0.600. The van der Waals surface area contributed by atoms with Crippen LogP contribution in [0.25, 0.3) is 0 Å². The number of piperidine rings is 1. The zero-order valence-electron chi connectivity index (χ0n) is 13.0. The molecular weight excluding hydrogens is 286 g/mol. The summed E-state index contributed by atoms with van der Waals surface area (Å²) in [6.45, 7) is 4.99. The van der Waals surface area contributed by atoms with Crippen molar-refractivity contribution in [3.05, 3.63) is 23.8 Å². The van der Waals surface area contributed by atoms with Gasteiger partial charge in [0.25, 0.3) is 0 Å². The highest BCUT2D eigenvalue weighted by Crippen LogP contribution is 2.21. The summed E-state index contributed by atoms with van der Waals surface area (Å²) in [5, 5.41) is 3.38. The summed E-state index contributed by atoms with van der Waals surface area (Å²) >= 11 is 0. The van der Waals surface area contributed by atoms with E-state index in [2.05, 4.69) is 22.0 Å². The van der Waals surface area contributed by atoms with Crippen LogP contribution in [0, 0.1) is 12.8 Å². The first-order chi connectivity index (χ1) is 9.92. The summed E-state index contributed by atoms with van der Waals surface area (Å²) < 4.78 is 26.3. The monoisotopic (exact) mass is 311 g/mol. The maximum atomic E-state index is 12.0. The van der Waals surface area contributed by atoms with Gasteiger partial charge < -0.3 is 10.2 Å². The van der Waals surface area contributed by atoms with E-state index in [-0.39, 0.29) is 0 Å². The first kappa shape index (κ1) is 16.3. The van der Waals surface area contributed by atoms with E-state index in [0.29, 0.717) is 10.8 Å². The lowest BCUT2D eigenvalue weighted by Crippen LogP contribution is -2.33.